The summed E-state index contributed by atoms with van der Waals surface area (Å²) in [5.41, 5.74) is 8.17. The Kier molecular flexibility index (Phi) is 4.28. The van der Waals surface area contributed by atoms with Crippen molar-refractivity contribution in [2.45, 2.75) is 30.3 Å². The highest BCUT2D eigenvalue weighted by Gasteiger charge is 2.19. The van der Waals surface area contributed by atoms with Gasteiger partial charge in [0.25, 0.3) is 0 Å². The van der Waals surface area contributed by atoms with Gasteiger partial charge in [0.15, 0.2) is 5.16 Å². The van der Waals surface area contributed by atoms with E-state index in [0.29, 0.717) is 0 Å². The van der Waals surface area contributed by atoms with Gasteiger partial charge in [0, 0.05) is 30.3 Å². The van der Waals surface area contributed by atoms with Gasteiger partial charge in [0.2, 0.25) is 0 Å². The molecule has 4 nitrogen and oxygen atoms in total. The van der Waals surface area contributed by atoms with Crippen molar-refractivity contribution in [3.8, 4) is 0 Å². The predicted octanol–water partition coefficient (Wildman–Crippen LogP) is 2.36. The molecule has 0 saturated carbocycles. The number of rotatable bonds is 4. The average Bonchev–Trinajstić information content (AvgIpc) is 2.37. The van der Waals surface area contributed by atoms with Crippen LogP contribution in [0, 0.1) is 6.92 Å². The van der Waals surface area contributed by atoms with E-state index in [0.717, 1.165) is 16.4 Å². The van der Waals surface area contributed by atoms with Crippen LogP contribution in [0.2, 0.25) is 0 Å². The fourth-order valence-electron chi connectivity index (χ4n) is 1.63. The lowest BCUT2D eigenvalue weighted by Gasteiger charge is -2.19. The molecule has 2 aromatic rings. The third kappa shape index (κ3) is 3.27. The number of aromatic nitrogens is 3. The molecule has 2 aromatic heterocycles. The zero-order valence-corrected chi connectivity index (χ0v) is 11.3. The summed E-state index contributed by atoms with van der Waals surface area (Å²) in [4.78, 5) is 12.7. The van der Waals surface area contributed by atoms with E-state index in [1.165, 1.54) is 0 Å². The molecule has 0 aliphatic rings. The summed E-state index contributed by atoms with van der Waals surface area (Å²) in [7, 11) is 0. The van der Waals surface area contributed by atoms with Gasteiger partial charge in [-0.1, -0.05) is 11.8 Å². The molecule has 18 heavy (non-hydrogen) atoms. The maximum Gasteiger partial charge on any atom is 0.188 e. The molecular formula is C13H16N4S. The van der Waals surface area contributed by atoms with Gasteiger partial charge >= 0.3 is 0 Å². The zero-order valence-electron chi connectivity index (χ0n) is 10.4. The van der Waals surface area contributed by atoms with Gasteiger partial charge < -0.3 is 5.73 Å². The Hall–Kier alpha value is -1.46. The fraction of sp³-hybridized carbons (Fsp3) is 0.308. The summed E-state index contributed by atoms with van der Waals surface area (Å²) in [5, 5.41) is 0.893. The summed E-state index contributed by atoms with van der Waals surface area (Å²) in [6.45, 7) is 3.95. The minimum atomic E-state index is 0.0153. The quantitative estimate of drug-likeness (QED) is 0.675. The van der Waals surface area contributed by atoms with Gasteiger partial charge in [0.05, 0.1) is 5.25 Å². The molecule has 0 aliphatic heterocycles. The molecular weight excluding hydrogens is 244 g/mol. The van der Waals surface area contributed by atoms with E-state index in [-0.39, 0.29) is 11.3 Å². The molecule has 0 amide bonds. The Morgan fingerprint density at radius 3 is 2.50 bits per heavy atom. The van der Waals surface area contributed by atoms with Crippen LogP contribution in [0.5, 0.6) is 0 Å². The van der Waals surface area contributed by atoms with Crippen LogP contribution in [-0.4, -0.2) is 21.0 Å². The molecule has 2 rings (SSSR count). The molecule has 2 unspecified atom stereocenters. The number of thioether (sulfide) groups is 1. The fourth-order valence-corrected chi connectivity index (χ4v) is 2.68. The molecule has 2 atom stereocenters. The standard InChI is InChI=1S/C13H16N4S/c1-9-3-8-16-13(17-9)18-12(10(2)14)11-4-6-15-7-5-11/h3-8,10,12H,14H2,1-2H3. The van der Waals surface area contributed by atoms with E-state index < -0.39 is 0 Å². The monoisotopic (exact) mass is 260 g/mol. The van der Waals surface area contributed by atoms with Crippen LogP contribution in [0.3, 0.4) is 0 Å². The first-order valence-electron chi connectivity index (χ1n) is 5.78. The highest BCUT2D eigenvalue weighted by molar-refractivity contribution is 7.99. The smallest absolute Gasteiger partial charge is 0.188 e. The van der Waals surface area contributed by atoms with E-state index in [1.54, 1.807) is 30.4 Å². The first kappa shape index (κ1) is 13.0. The van der Waals surface area contributed by atoms with Crippen LogP contribution in [0.1, 0.15) is 23.4 Å². The van der Waals surface area contributed by atoms with E-state index in [1.807, 2.05) is 32.0 Å². The number of hydrogen-bond donors (Lipinski definition) is 1. The Balaban J connectivity index is 2.22. The van der Waals surface area contributed by atoms with Crippen LogP contribution in [0.15, 0.2) is 41.9 Å². The van der Waals surface area contributed by atoms with Crippen molar-refractivity contribution in [3.05, 3.63) is 48.0 Å². The van der Waals surface area contributed by atoms with Crippen molar-refractivity contribution in [1.82, 2.24) is 15.0 Å². The molecule has 2 N–H and O–H groups in total. The molecule has 0 radical (unpaired) electrons. The molecule has 94 valence electrons. The van der Waals surface area contributed by atoms with Crippen LogP contribution in [0.4, 0.5) is 0 Å². The maximum atomic E-state index is 6.06. The largest absolute Gasteiger partial charge is 0.327 e. The first-order chi connectivity index (χ1) is 8.66. The highest BCUT2D eigenvalue weighted by Crippen LogP contribution is 2.34. The van der Waals surface area contributed by atoms with Crippen molar-refractivity contribution in [3.63, 3.8) is 0 Å². The zero-order chi connectivity index (χ0) is 13.0. The van der Waals surface area contributed by atoms with E-state index in [9.17, 15) is 0 Å². The Morgan fingerprint density at radius 1 is 1.17 bits per heavy atom. The summed E-state index contributed by atoms with van der Waals surface area (Å²) < 4.78 is 0. The second kappa shape index (κ2) is 5.93. The van der Waals surface area contributed by atoms with Gasteiger partial charge in [0.1, 0.15) is 0 Å². The Bertz CT molecular complexity index is 501. The van der Waals surface area contributed by atoms with E-state index in [4.69, 9.17) is 5.73 Å². The Morgan fingerprint density at radius 2 is 1.89 bits per heavy atom. The summed E-state index contributed by atoms with van der Waals surface area (Å²) in [5.74, 6) is 0. The van der Waals surface area contributed by atoms with Crippen LogP contribution in [-0.2, 0) is 0 Å². The summed E-state index contributed by atoms with van der Waals surface area (Å²) in [6.07, 6.45) is 5.33. The van der Waals surface area contributed by atoms with Crippen molar-refractivity contribution in [1.29, 1.82) is 0 Å². The van der Waals surface area contributed by atoms with Crippen LogP contribution >= 0.6 is 11.8 Å². The van der Waals surface area contributed by atoms with Crippen molar-refractivity contribution in [2.75, 3.05) is 0 Å². The normalized spacial score (nSPS) is 14.2. The van der Waals surface area contributed by atoms with Gasteiger partial charge in [-0.2, -0.15) is 0 Å². The highest BCUT2D eigenvalue weighted by atomic mass is 32.2. The summed E-state index contributed by atoms with van der Waals surface area (Å²) in [6, 6.07) is 5.87. The molecule has 0 aliphatic carbocycles. The lowest BCUT2D eigenvalue weighted by atomic mass is 10.1. The molecule has 2 heterocycles. The van der Waals surface area contributed by atoms with Gasteiger partial charge in [-0.25, -0.2) is 9.97 Å². The summed E-state index contributed by atoms with van der Waals surface area (Å²) >= 11 is 1.59. The number of aryl methyl sites for hydroxylation is 1. The topological polar surface area (TPSA) is 64.7 Å². The van der Waals surface area contributed by atoms with E-state index in [2.05, 4.69) is 15.0 Å². The number of nitrogens with zero attached hydrogens (tertiary/aromatic N) is 3. The van der Waals surface area contributed by atoms with Gasteiger partial charge in [-0.05, 0) is 37.6 Å². The molecule has 0 bridgehead atoms. The lowest BCUT2D eigenvalue weighted by molar-refractivity contribution is 0.716. The minimum absolute atomic E-state index is 0.0153. The molecule has 5 heteroatoms. The second-order valence-corrected chi connectivity index (χ2v) is 5.27. The molecule has 0 spiro atoms. The van der Waals surface area contributed by atoms with Crippen molar-refractivity contribution >= 4 is 11.8 Å². The number of hydrogen-bond acceptors (Lipinski definition) is 5. The van der Waals surface area contributed by atoms with Crippen molar-refractivity contribution in [2.24, 2.45) is 5.73 Å². The third-order valence-electron chi connectivity index (χ3n) is 2.52. The second-order valence-electron chi connectivity index (χ2n) is 4.16. The number of pyridine rings is 1. The average molecular weight is 260 g/mol. The molecule has 0 aromatic carbocycles. The SMILES string of the molecule is Cc1ccnc(SC(c2ccncc2)C(C)N)n1. The maximum absolute atomic E-state index is 6.06. The molecule has 0 fully saturated rings. The first-order valence-corrected chi connectivity index (χ1v) is 6.66. The van der Waals surface area contributed by atoms with Gasteiger partial charge in [-0.15, -0.1) is 0 Å². The lowest BCUT2D eigenvalue weighted by Crippen LogP contribution is -2.22. The third-order valence-corrected chi connectivity index (χ3v) is 3.88. The van der Waals surface area contributed by atoms with Crippen LogP contribution < -0.4 is 5.73 Å². The predicted molar refractivity (Wildman–Crippen MR) is 73.3 cm³/mol. The van der Waals surface area contributed by atoms with Crippen LogP contribution in [0.25, 0.3) is 0 Å². The minimum Gasteiger partial charge on any atom is -0.327 e. The van der Waals surface area contributed by atoms with Gasteiger partial charge in [-0.3, -0.25) is 4.98 Å². The van der Waals surface area contributed by atoms with E-state index >= 15 is 0 Å². The Labute approximate surface area is 111 Å². The van der Waals surface area contributed by atoms with Crippen molar-refractivity contribution < 1.29 is 0 Å². The number of nitrogens with two attached hydrogens (primary N) is 1. The molecule has 0 saturated heterocycles.